The maximum Gasteiger partial charge on any atom is 0.233 e. The molecule has 8 heteroatoms. The number of fused-ring (bicyclic) bond motifs is 1. The Kier molecular flexibility index (Phi) is 7.06. The van der Waals surface area contributed by atoms with E-state index in [9.17, 15) is 4.79 Å². The summed E-state index contributed by atoms with van der Waals surface area (Å²) in [6, 6.07) is 25.5. The van der Waals surface area contributed by atoms with Crippen LogP contribution in [-0.2, 0) is 17.8 Å². The van der Waals surface area contributed by atoms with E-state index < -0.39 is 6.10 Å². The molecule has 3 aromatic carbocycles. The van der Waals surface area contributed by atoms with Crippen molar-refractivity contribution in [3.63, 3.8) is 0 Å². The summed E-state index contributed by atoms with van der Waals surface area (Å²) >= 11 is 7.68. The monoisotopic (exact) mass is 504 g/mol. The van der Waals surface area contributed by atoms with Crippen LogP contribution in [0.1, 0.15) is 30.0 Å². The Labute approximate surface area is 213 Å². The second-order valence-corrected chi connectivity index (χ2v) is 9.67. The maximum absolute atomic E-state index is 13.1. The van der Waals surface area contributed by atoms with Crippen LogP contribution in [0.3, 0.4) is 0 Å². The minimum atomic E-state index is -0.411. The average Bonchev–Trinajstić information content (AvgIpc) is 3.33. The van der Waals surface area contributed by atoms with Crippen LogP contribution >= 0.6 is 23.4 Å². The Morgan fingerprint density at radius 3 is 2.51 bits per heavy atom. The fraction of sp³-hybridized carbons (Fsp3) is 0.222. The number of thioether (sulfide) groups is 1. The van der Waals surface area contributed by atoms with Gasteiger partial charge in [-0.05, 0) is 48.7 Å². The van der Waals surface area contributed by atoms with Gasteiger partial charge in [0, 0.05) is 18.8 Å². The van der Waals surface area contributed by atoms with E-state index in [0.29, 0.717) is 28.3 Å². The van der Waals surface area contributed by atoms with Crippen LogP contribution in [0.2, 0.25) is 5.02 Å². The van der Waals surface area contributed by atoms with Gasteiger partial charge in [-0.25, -0.2) is 0 Å². The summed E-state index contributed by atoms with van der Waals surface area (Å²) in [6.45, 7) is 3.29. The normalized spacial score (nSPS) is 13.8. The highest BCUT2D eigenvalue weighted by Gasteiger charge is 2.24. The lowest BCUT2D eigenvalue weighted by Gasteiger charge is -2.28. The molecule has 0 bridgehead atoms. The topological polar surface area (TPSA) is 60.3 Å². The Morgan fingerprint density at radius 2 is 1.71 bits per heavy atom. The number of rotatable bonds is 7. The lowest BCUT2D eigenvalue weighted by atomic mass is 10.00. The molecule has 1 unspecified atom stereocenters. The second-order valence-electron chi connectivity index (χ2n) is 8.32. The number of ether oxygens (including phenoxy) is 1. The van der Waals surface area contributed by atoms with Gasteiger partial charge in [0.15, 0.2) is 17.1 Å². The molecule has 0 saturated heterocycles. The van der Waals surface area contributed by atoms with E-state index in [4.69, 9.17) is 16.3 Å². The molecule has 4 aromatic rings. The summed E-state index contributed by atoms with van der Waals surface area (Å²) in [5.74, 6) is 1.60. The Hall–Kier alpha value is -3.29. The molecule has 0 spiro atoms. The van der Waals surface area contributed by atoms with Crippen LogP contribution in [-0.4, -0.2) is 37.9 Å². The van der Waals surface area contributed by atoms with Gasteiger partial charge in [-0.1, -0.05) is 78.0 Å². The van der Waals surface area contributed by atoms with Gasteiger partial charge >= 0.3 is 0 Å². The van der Waals surface area contributed by atoms with Crippen molar-refractivity contribution in [2.24, 2.45) is 0 Å². The lowest BCUT2D eigenvalue weighted by Crippen LogP contribution is -2.37. The van der Waals surface area contributed by atoms with Crippen molar-refractivity contribution in [1.82, 2.24) is 19.7 Å². The summed E-state index contributed by atoms with van der Waals surface area (Å²) in [5.41, 5.74) is 3.45. The van der Waals surface area contributed by atoms with Crippen molar-refractivity contribution in [2.75, 3.05) is 12.3 Å². The van der Waals surface area contributed by atoms with Crippen molar-refractivity contribution in [3.05, 3.63) is 101 Å². The molecule has 1 amide bonds. The van der Waals surface area contributed by atoms with E-state index in [2.05, 4.69) is 28.4 Å². The molecule has 35 heavy (non-hydrogen) atoms. The van der Waals surface area contributed by atoms with Gasteiger partial charge in [-0.2, -0.15) is 0 Å². The van der Waals surface area contributed by atoms with Gasteiger partial charge in [0.2, 0.25) is 5.91 Å². The van der Waals surface area contributed by atoms with Crippen LogP contribution in [0.5, 0.6) is 5.75 Å². The molecule has 178 valence electrons. The van der Waals surface area contributed by atoms with Crippen molar-refractivity contribution < 1.29 is 9.53 Å². The zero-order chi connectivity index (χ0) is 24.2. The molecule has 1 atom stereocenters. The van der Waals surface area contributed by atoms with E-state index in [1.54, 1.807) is 6.07 Å². The van der Waals surface area contributed by atoms with Crippen LogP contribution in [0, 0.1) is 0 Å². The number of hydrogen-bond acceptors (Lipinski definition) is 5. The summed E-state index contributed by atoms with van der Waals surface area (Å²) < 4.78 is 8.07. The number of nitrogens with zero attached hydrogens (tertiary/aromatic N) is 4. The molecule has 0 N–H and O–H groups in total. The van der Waals surface area contributed by atoms with Gasteiger partial charge < -0.3 is 9.64 Å². The molecule has 2 heterocycles. The fourth-order valence-electron chi connectivity index (χ4n) is 4.17. The molecule has 0 radical (unpaired) electrons. The third kappa shape index (κ3) is 5.21. The highest BCUT2D eigenvalue weighted by molar-refractivity contribution is 7.99. The van der Waals surface area contributed by atoms with Crippen molar-refractivity contribution in [2.45, 2.75) is 31.1 Å². The first-order chi connectivity index (χ1) is 17.1. The molecule has 1 aromatic heterocycles. The van der Waals surface area contributed by atoms with Crippen LogP contribution in [0.4, 0.5) is 0 Å². The predicted octanol–water partition coefficient (Wildman–Crippen LogP) is 5.74. The van der Waals surface area contributed by atoms with Gasteiger partial charge in [0.1, 0.15) is 5.75 Å². The Balaban J connectivity index is 1.35. The van der Waals surface area contributed by atoms with E-state index in [0.717, 1.165) is 18.7 Å². The molecule has 1 aliphatic rings. The van der Waals surface area contributed by atoms with Gasteiger partial charge in [-0.3, -0.25) is 9.36 Å². The number of halogens is 1. The molecule has 0 aliphatic carbocycles. The number of carbonyl (C=O) groups is 1. The summed E-state index contributed by atoms with van der Waals surface area (Å²) in [4.78, 5) is 15.0. The van der Waals surface area contributed by atoms with Crippen molar-refractivity contribution in [1.29, 1.82) is 0 Å². The van der Waals surface area contributed by atoms with Crippen LogP contribution in [0.15, 0.2) is 84.0 Å². The minimum absolute atomic E-state index is 0.0917. The molecule has 0 saturated carbocycles. The highest BCUT2D eigenvalue weighted by Crippen LogP contribution is 2.31. The smallest absolute Gasteiger partial charge is 0.233 e. The first kappa shape index (κ1) is 23.5. The first-order valence-electron chi connectivity index (χ1n) is 11.5. The SMILES string of the molecule is CC(Oc1ccccc1Cl)c1nnc(SCC(=O)N2CCc3ccccc3C2)n1-c1ccccc1. The lowest BCUT2D eigenvalue weighted by molar-refractivity contribution is -0.129. The summed E-state index contributed by atoms with van der Waals surface area (Å²) in [5, 5.41) is 10.0. The van der Waals surface area contributed by atoms with Gasteiger partial charge in [0.25, 0.3) is 0 Å². The third-order valence-electron chi connectivity index (χ3n) is 5.98. The molecule has 5 rings (SSSR count). The number of amides is 1. The Bertz CT molecular complexity index is 1330. The molecular weight excluding hydrogens is 480 g/mol. The van der Waals surface area contributed by atoms with Gasteiger partial charge in [0.05, 0.1) is 10.8 Å². The maximum atomic E-state index is 13.1. The van der Waals surface area contributed by atoms with E-state index >= 15 is 0 Å². The van der Waals surface area contributed by atoms with E-state index in [1.807, 2.05) is 71.0 Å². The van der Waals surface area contributed by atoms with Crippen LogP contribution in [0.25, 0.3) is 5.69 Å². The predicted molar refractivity (Wildman–Crippen MR) is 138 cm³/mol. The number of carbonyl (C=O) groups excluding carboxylic acids is 1. The fourth-order valence-corrected chi connectivity index (χ4v) is 5.21. The minimum Gasteiger partial charge on any atom is -0.481 e. The standard InChI is InChI=1S/C27H25ClN4O2S/c1-19(34-24-14-8-7-13-23(24)28)26-29-30-27(32(26)22-11-3-2-4-12-22)35-18-25(33)31-16-15-20-9-5-6-10-21(20)17-31/h2-14,19H,15-18H2,1H3. The molecular formula is C27H25ClN4O2S. The van der Waals surface area contributed by atoms with Crippen LogP contribution < -0.4 is 4.74 Å². The second kappa shape index (κ2) is 10.5. The summed E-state index contributed by atoms with van der Waals surface area (Å²) in [6.07, 6.45) is 0.472. The average molecular weight is 505 g/mol. The van der Waals surface area contributed by atoms with Crippen molar-refractivity contribution in [3.8, 4) is 11.4 Å². The zero-order valence-electron chi connectivity index (χ0n) is 19.3. The number of benzene rings is 3. The number of aromatic nitrogens is 3. The largest absolute Gasteiger partial charge is 0.481 e. The quantitative estimate of drug-likeness (QED) is 0.300. The molecule has 0 fully saturated rings. The van der Waals surface area contributed by atoms with E-state index in [1.165, 1.54) is 22.9 Å². The first-order valence-corrected chi connectivity index (χ1v) is 12.9. The molecule has 1 aliphatic heterocycles. The number of para-hydroxylation sites is 2. The van der Waals surface area contributed by atoms with E-state index in [-0.39, 0.29) is 11.7 Å². The third-order valence-corrected chi connectivity index (χ3v) is 7.21. The summed E-state index contributed by atoms with van der Waals surface area (Å²) in [7, 11) is 0. The van der Waals surface area contributed by atoms with Crippen molar-refractivity contribution >= 4 is 29.3 Å². The highest BCUT2D eigenvalue weighted by atomic mass is 35.5. The van der Waals surface area contributed by atoms with Gasteiger partial charge in [-0.15, -0.1) is 10.2 Å². The Morgan fingerprint density at radius 1 is 1.00 bits per heavy atom. The zero-order valence-corrected chi connectivity index (χ0v) is 20.9. The molecule has 6 nitrogen and oxygen atoms in total. The number of hydrogen-bond donors (Lipinski definition) is 0.